The highest BCUT2D eigenvalue weighted by Gasteiger charge is 2.18. The number of amides is 2. The van der Waals surface area contributed by atoms with E-state index < -0.39 is 11.6 Å². The number of hydrogen-bond acceptors (Lipinski definition) is 8. The van der Waals surface area contributed by atoms with Crippen LogP contribution in [0.5, 0.6) is 5.75 Å². The first kappa shape index (κ1) is 28.4. The number of fused-ring (bicyclic) bond motifs is 7. The van der Waals surface area contributed by atoms with Crippen LogP contribution in [0.2, 0.25) is 0 Å². The second-order valence-electron chi connectivity index (χ2n) is 9.84. The topological polar surface area (TPSA) is 118 Å². The van der Waals surface area contributed by atoms with Crippen LogP contribution in [-0.2, 0) is 9.53 Å². The van der Waals surface area contributed by atoms with Crippen LogP contribution in [0, 0.1) is 11.6 Å². The van der Waals surface area contributed by atoms with Crippen LogP contribution < -0.4 is 20.7 Å². The zero-order chi connectivity index (χ0) is 28.6. The average Bonchev–Trinajstić information content (AvgIpc) is 2.97. The number of rotatable bonds is 4. The Hall–Kier alpha value is -4.16. The maximum atomic E-state index is 14.7. The molecular formula is C29H32F2N6O4. The lowest BCUT2D eigenvalue weighted by molar-refractivity contribution is -0.116. The molecule has 3 heterocycles. The lowest BCUT2D eigenvalue weighted by Gasteiger charge is -2.26. The Kier molecular flexibility index (Phi) is 9.32. The second-order valence-corrected chi connectivity index (χ2v) is 9.84. The molecular weight excluding hydrogens is 534 g/mol. The van der Waals surface area contributed by atoms with Crippen LogP contribution in [0.15, 0.2) is 42.6 Å². The van der Waals surface area contributed by atoms with Crippen LogP contribution in [0.25, 0.3) is 11.3 Å². The molecule has 12 heteroatoms. The second kappa shape index (κ2) is 13.5. The minimum absolute atomic E-state index is 0.0482. The van der Waals surface area contributed by atoms with E-state index in [1.54, 1.807) is 18.2 Å². The Morgan fingerprint density at radius 1 is 1.00 bits per heavy atom. The molecule has 2 aliphatic rings. The van der Waals surface area contributed by atoms with Crippen molar-refractivity contribution < 1.29 is 27.8 Å². The summed E-state index contributed by atoms with van der Waals surface area (Å²) in [5.74, 6) is -1.48. The Bertz CT molecular complexity index is 1400. The average molecular weight is 567 g/mol. The fraction of sp³-hybridized carbons (Fsp3) is 0.379. The minimum Gasteiger partial charge on any atom is -0.493 e. The SMILES string of the molecule is O=C1CCCCCOc2cc(ccc2C(=O)NCCN2CCOCC2)Nc2ncc(F)c(n2)-c2ccc(F)c(c2)N1. The number of carbonyl (C=O) groups excluding carboxylic acids is 2. The van der Waals surface area contributed by atoms with Crippen LogP contribution in [0.1, 0.15) is 36.0 Å². The Balaban J connectivity index is 1.39. The van der Waals surface area contributed by atoms with Gasteiger partial charge < -0.3 is 25.4 Å². The van der Waals surface area contributed by atoms with Crippen molar-refractivity contribution in [1.29, 1.82) is 0 Å². The van der Waals surface area contributed by atoms with E-state index in [1.165, 1.54) is 12.1 Å². The number of nitrogens with one attached hydrogen (secondary N) is 3. The zero-order valence-corrected chi connectivity index (χ0v) is 22.6. The van der Waals surface area contributed by atoms with Gasteiger partial charge in [0.1, 0.15) is 17.3 Å². The van der Waals surface area contributed by atoms with Crippen molar-refractivity contribution in [1.82, 2.24) is 20.2 Å². The molecule has 2 amide bonds. The van der Waals surface area contributed by atoms with E-state index in [1.807, 2.05) is 0 Å². The highest BCUT2D eigenvalue weighted by molar-refractivity contribution is 5.97. The Morgan fingerprint density at radius 3 is 2.71 bits per heavy atom. The molecule has 1 fully saturated rings. The monoisotopic (exact) mass is 566 g/mol. The number of ether oxygens (including phenoxy) is 2. The van der Waals surface area contributed by atoms with Crippen molar-refractivity contribution in [3.05, 3.63) is 59.8 Å². The third-order valence-corrected chi connectivity index (χ3v) is 6.86. The third kappa shape index (κ3) is 7.53. The summed E-state index contributed by atoms with van der Waals surface area (Å²) in [6.07, 6.45) is 3.11. The third-order valence-electron chi connectivity index (χ3n) is 6.86. The van der Waals surface area contributed by atoms with Gasteiger partial charge in [-0.1, -0.05) is 0 Å². The van der Waals surface area contributed by atoms with Gasteiger partial charge in [-0.05, 0) is 49.6 Å². The van der Waals surface area contributed by atoms with Gasteiger partial charge >= 0.3 is 0 Å². The number of carbonyl (C=O) groups is 2. The fourth-order valence-electron chi connectivity index (χ4n) is 4.64. The van der Waals surface area contributed by atoms with E-state index in [0.717, 1.165) is 31.9 Å². The Labute approximate surface area is 236 Å². The standard InChI is InChI=1S/C29H32F2N6O4/c30-22-8-5-19-16-24(22)35-26(38)4-2-1-3-13-41-25-17-20(34-29-33-18-23(31)27(19)36-29)6-7-21(25)28(39)32-9-10-37-11-14-40-15-12-37/h5-8,16-18H,1-4,9-15H2,(H,32,39)(H,35,38)(H,33,34,36). The Morgan fingerprint density at radius 2 is 1.85 bits per heavy atom. The number of hydrogen-bond donors (Lipinski definition) is 3. The molecule has 41 heavy (non-hydrogen) atoms. The summed E-state index contributed by atoms with van der Waals surface area (Å²) in [7, 11) is 0. The first-order valence-corrected chi connectivity index (χ1v) is 13.7. The molecule has 0 radical (unpaired) electrons. The van der Waals surface area contributed by atoms with E-state index in [4.69, 9.17) is 9.47 Å². The lowest BCUT2D eigenvalue weighted by Crippen LogP contribution is -2.41. The normalized spacial score (nSPS) is 16.4. The van der Waals surface area contributed by atoms with Crippen molar-refractivity contribution in [2.75, 3.05) is 56.6 Å². The highest BCUT2D eigenvalue weighted by Crippen LogP contribution is 2.29. The maximum absolute atomic E-state index is 14.7. The number of morpholine rings is 1. The van der Waals surface area contributed by atoms with E-state index in [0.29, 0.717) is 62.6 Å². The summed E-state index contributed by atoms with van der Waals surface area (Å²) in [5, 5.41) is 8.56. The van der Waals surface area contributed by atoms with Gasteiger partial charge in [-0.15, -0.1) is 0 Å². The molecule has 10 nitrogen and oxygen atoms in total. The van der Waals surface area contributed by atoms with Gasteiger partial charge in [-0.3, -0.25) is 14.5 Å². The first-order chi connectivity index (χ1) is 20.0. The molecule has 3 N–H and O–H groups in total. The van der Waals surface area contributed by atoms with Gasteiger partial charge in [0.15, 0.2) is 5.82 Å². The molecule has 6 bridgehead atoms. The van der Waals surface area contributed by atoms with E-state index >= 15 is 0 Å². The predicted octanol–water partition coefficient (Wildman–Crippen LogP) is 4.12. The molecule has 0 spiro atoms. The summed E-state index contributed by atoms with van der Waals surface area (Å²) < 4.78 is 40.5. The quantitative estimate of drug-likeness (QED) is 0.432. The van der Waals surface area contributed by atoms with Crippen molar-refractivity contribution >= 4 is 29.1 Å². The van der Waals surface area contributed by atoms with Crippen LogP contribution in [-0.4, -0.2) is 72.7 Å². The number of nitrogens with zero attached hydrogens (tertiary/aromatic N) is 3. The van der Waals surface area contributed by atoms with Gasteiger partial charge in [0.2, 0.25) is 11.9 Å². The minimum atomic E-state index is -0.707. The summed E-state index contributed by atoms with van der Waals surface area (Å²) in [6, 6.07) is 8.92. The van der Waals surface area contributed by atoms with Crippen LogP contribution in [0.4, 0.5) is 26.1 Å². The van der Waals surface area contributed by atoms with Crippen molar-refractivity contribution in [2.45, 2.75) is 25.7 Å². The number of anilines is 3. The smallest absolute Gasteiger partial charge is 0.255 e. The molecule has 2 aromatic carbocycles. The molecule has 5 rings (SSSR count). The molecule has 0 unspecified atom stereocenters. The summed E-state index contributed by atoms with van der Waals surface area (Å²) in [4.78, 5) is 36.0. The van der Waals surface area contributed by atoms with Crippen LogP contribution in [0.3, 0.4) is 0 Å². The molecule has 1 aromatic heterocycles. The van der Waals surface area contributed by atoms with Crippen LogP contribution >= 0.6 is 0 Å². The van der Waals surface area contributed by atoms with E-state index in [-0.39, 0.29) is 41.1 Å². The number of halogens is 2. The molecule has 1 saturated heterocycles. The van der Waals surface area contributed by atoms with Gasteiger partial charge in [-0.25, -0.2) is 18.7 Å². The predicted molar refractivity (Wildman–Crippen MR) is 149 cm³/mol. The molecule has 3 aromatic rings. The van der Waals surface area contributed by atoms with Gasteiger partial charge in [0.05, 0.1) is 37.3 Å². The molecule has 0 atom stereocenters. The summed E-state index contributed by atoms with van der Waals surface area (Å²) >= 11 is 0. The lowest BCUT2D eigenvalue weighted by atomic mass is 10.1. The molecule has 216 valence electrons. The van der Waals surface area contributed by atoms with Gasteiger partial charge in [0.25, 0.3) is 5.91 Å². The number of benzene rings is 2. The molecule has 2 aliphatic heterocycles. The largest absolute Gasteiger partial charge is 0.493 e. The zero-order valence-electron chi connectivity index (χ0n) is 22.6. The highest BCUT2D eigenvalue weighted by atomic mass is 19.1. The fourth-order valence-corrected chi connectivity index (χ4v) is 4.64. The van der Waals surface area contributed by atoms with Gasteiger partial charge in [-0.2, -0.15) is 0 Å². The summed E-state index contributed by atoms with van der Waals surface area (Å²) in [5.41, 5.74) is 1.08. The molecule has 0 saturated carbocycles. The first-order valence-electron chi connectivity index (χ1n) is 13.7. The summed E-state index contributed by atoms with van der Waals surface area (Å²) in [6.45, 7) is 4.58. The van der Waals surface area contributed by atoms with E-state index in [2.05, 4.69) is 30.8 Å². The van der Waals surface area contributed by atoms with Crippen molar-refractivity contribution in [3.63, 3.8) is 0 Å². The molecule has 0 aliphatic carbocycles. The number of aromatic nitrogens is 2. The van der Waals surface area contributed by atoms with Gasteiger partial charge in [0, 0.05) is 49.9 Å². The maximum Gasteiger partial charge on any atom is 0.255 e. The van der Waals surface area contributed by atoms with Crippen molar-refractivity contribution in [3.8, 4) is 17.0 Å². The van der Waals surface area contributed by atoms with E-state index in [9.17, 15) is 18.4 Å². The van der Waals surface area contributed by atoms with Crippen molar-refractivity contribution in [2.24, 2.45) is 0 Å².